The largest absolute Gasteiger partial charge is 0.372 e. The number of rotatable bonds is 7. The molecule has 0 radical (unpaired) electrons. The van der Waals surface area contributed by atoms with Gasteiger partial charge in [-0.25, -0.2) is 4.98 Å². The highest BCUT2D eigenvalue weighted by Gasteiger charge is 2.07. The van der Waals surface area contributed by atoms with Crippen molar-refractivity contribution in [3.63, 3.8) is 0 Å². The number of aromatic nitrogens is 1. The third kappa shape index (κ3) is 4.88. The first-order valence-corrected chi connectivity index (χ1v) is 9.55. The Balaban J connectivity index is 1.62. The van der Waals surface area contributed by atoms with Crippen molar-refractivity contribution >= 4 is 28.8 Å². The van der Waals surface area contributed by atoms with E-state index in [9.17, 15) is 4.79 Å². The fraction of sp³-hybridized carbons (Fsp3) is 0.217. The van der Waals surface area contributed by atoms with Gasteiger partial charge in [0.1, 0.15) is 5.82 Å². The predicted molar refractivity (Wildman–Crippen MR) is 117 cm³/mol. The number of carbonyl (C=O) groups excluding carboxylic acids is 1. The van der Waals surface area contributed by atoms with Gasteiger partial charge in [0.2, 0.25) is 0 Å². The van der Waals surface area contributed by atoms with Crippen molar-refractivity contribution in [3.05, 3.63) is 78.0 Å². The van der Waals surface area contributed by atoms with Crippen molar-refractivity contribution in [2.45, 2.75) is 20.8 Å². The molecule has 0 atom stereocenters. The number of pyridine rings is 1. The zero-order valence-electron chi connectivity index (χ0n) is 16.6. The van der Waals surface area contributed by atoms with Crippen LogP contribution in [0, 0.1) is 6.92 Å². The smallest absolute Gasteiger partial charge is 0.256 e. The second-order valence-corrected chi connectivity index (χ2v) is 6.60. The summed E-state index contributed by atoms with van der Waals surface area (Å²) in [5, 5.41) is 6.16. The molecule has 2 aromatic carbocycles. The standard InChI is InChI=1S/C23H26N4O/c1-4-27(5-2)21-12-9-19(10-13-21)25-20-11-14-22(24-16-20)26-23(28)18-8-6-7-17(3)15-18/h6-16,25H,4-5H2,1-3H3,(H,24,26,28). The summed E-state index contributed by atoms with van der Waals surface area (Å²) in [6.07, 6.45) is 1.71. The van der Waals surface area contributed by atoms with Crippen LogP contribution < -0.4 is 15.5 Å². The van der Waals surface area contributed by atoms with Crippen LogP contribution in [0.3, 0.4) is 0 Å². The van der Waals surface area contributed by atoms with Crippen LogP contribution in [0.15, 0.2) is 66.9 Å². The van der Waals surface area contributed by atoms with E-state index in [2.05, 4.69) is 58.6 Å². The van der Waals surface area contributed by atoms with Crippen LogP contribution in [0.5, 0.6) is 0 Å². The predicted octanol–water partition coefficient (Wildman–Crippen LogP) is 5.23. The first-order valence-electron chi connectivity index (χ1n) is 9.55. The van der Waals surface area contributed by atoms with Gasteiger partial charge in [-0.2, -0.15) is 0 Å². The molecule has 5 nitrogen and oxygen atoms in total. The fourth-order valence-corrected chi connectivity index (χ4v) is 3.03. The normalized spacial score (nSPS) is 10.4. The SMILES string of the molecule is CCN(CC)c1ccc(Nc2ccc(NC(=O)c3cccc(C)c3)nc2)cc1. The summed E-state index contributed by atoms with van der Waals surface area (Å²) < 4.78 is 0. The fourth-order valence-electron chi connectivity index (χ4n) is 3.03. The molecule has 28 heavy (non-hydrogen) atoms. The molecule has 0 aliphatic rings. The summed E-state index contributed by atoms with van der Waals surface area (Å²) in [7, 11) is 0. The Kier molecular flexibility index (Phi) is 6.27. The van der Waals surface area contributed by atoms with Gasteiger partial charge in [0.25, 0.3) is 5.91 Å². The molecule has 3 aromatic rings. The van der Waals surface area contributed by atoms with E-state index in [0.717, 1.165) is 30.0 Å². The number of hydrogen-bond donors (Lipinski definition) is 2. The highest BCUT2D eigenvalue weighted by Crippen LogP contribution is 2.21. The van der Waals surface area contributed by atoms with Crippen molar-refractivity contribution in [2.24, 2.45) is 0 Å². The highest BCUT2D eigenvalue weighted by atomic mass is 16.1. The molecule has 0 unspecified atom stereocenters. The van der Waals surface area contributed by atoms with E-state index in [1.54, 1.807) is 18.3 Å². The van der Waals surface area contributed by atoms with Crippen molar-refractivity contribution in [2.75, 3.05) is 28.6 Å². The average Bonchev–Trinajstić information content (AvgIpc) is 2.71. The van der Waals surface area contributed by atoms with E-state index >= 15 is 0 Å². The van der Waals surface area contributed by atoms with Crippen molar-refractivity contribution in [3.8, 4) is 0 Å². The number of hydrogen-bond acceptors (Lipinski definition) is 4. The van der Waals surface area contributed by atoms with Crippen LogP contribution in [-0.2, 0) is 0 Å². The van der Waals surface area contributed by atoms with E-state index in [0.29, 0.717) is 11.4 Å². The van der Waals surface area contributed by atoms with Crippen molar-refractivity contribution < 1.29 is 4.79 Å². The quantitative estimate of drug-likeness (QED) is 0.594. The maximum Gasteiger partial charge on any atom is 0.256 e. The van der Waals surface area contributed by atoms with Gasteiger partial charge in [-0.05, 0) is 69.3 Å². The summed E-state index contributed by atoms with van der Waals surface area (Å²) in [6, 6.07) is 19.5. The lowest BCUT2D eigenvalue weighted by molar-refractivity contribution is 0.102. The van der Waals surface area contributed by atoms with E-state index < -0.39 is 0 Å². The van der Waals surface area contributed by atoms with Crippen LogP contribution in [0.2, 0.25) is 0 Å². The third-order valence-corrected chi connectivity index (χ3v) is 4.57. The second kappa shape index (κ2) is 9.04. The van der Waals surface area contributed by atoms with Gasteiger partial charge in [0.05, 0.1) is 11.9 Å². The van der Waals surface area contributed by atoms with E-state index in [1.165, 1.54) is 5.69 Å². The number of nitrogens with one attached hydrogen (secondary N) is 2. The molecule has 0 bridgehead atoms. The summed E-state index contributed by atoms with van der Waals surface area (Å²) in [5.41, 5.74) is 4.74. The van der Waals surface area contributed by atoms with Crippen LogP contribution >= 0.6 is 0 Å². The lowest BCUT2D eigenvalue weighted by atomic mass is 10.1. The third-order valence-electron chi connectivity index (χ3n) is 4.57. The molecule has 5 heteroatoms. The minimum atomic E-state index is -0.163. The Hall–Kier alpha value is -3.34. The van der Waals surface area contributed by atoms with Gasteiger partial charge in [0, 0.05) is 30.0 Å². The molecule has 0 spiro atoms. The average molecular weight is 374 g/mol. The minimum absolute atomic E-state index is 0.163. The van der Waals surface area contributed by atoms with Gasteiger partial charge in [-0.15, -0.1) is 0 Å². The van der Waals surface area contributed by atoms with Gasteiger partial charge < -0.3 is 15.5 Å². The molecule has 0 aliphatic heterocycles. The second-order valence-electron chi connectivity index (χ2n) is 6.60. The summed E-state index contributed by atoms with van der Waals surface area (Å²) in [5.74, 6) is 0.359. The molecule has 1 aromatic heterocycles. The number of carbonyl (C=O) groups is 1. The van der Waals surface area contributed by atoms with Crippen molar-refractivity contribution in [1.82, 2.24) is 4.98 Å². The molecule has 0 saturated carbocycles. The zero-order valence-corrected chi connectivity index (χ0v) is 16.6. The van der Waals surface area contributed by atoms with Gasteiger partial charge in [0.15, 0.2) is 0 Å². The van der Waals surface area contributed by atoms with Crippen LogP contribution in [0.25, 0.3) is 0 Å². The summed E-state index contributed by atoms with van der Waals surface area (Å²) >= 11 is 0. The molecule has 2 N–H and O–H groups in total. The number of aryl methyl sites for hydroxylation is 1. The molecule has 3 rings (SSSR count). The number of nitrogens with zero attached hydrogens (tertiary/aromatic N) is 2. The van der Waals surface area contributed by atoms with E-state index in [1.807, 2.05) is 31.2 Å². The Bertz CT molecular complexity index is 916. The topological polar surface area (TPSA) is 57.3 Å². The lowest BCUT2D eigenvalue weighted by Crippen LogP contribution is -2.21. The zero-order chi connectivity index (χ0) is 19.9. The maximum absolute atomic E-state index is 12.3. The number of benzene rings is 2. The molecule has 1 amide bonds. The minimum Gasteiger partial charge on any atom is -0.372 e. The highest BCUT2D eigenvalue weighted by molar-refractivity contribution is 6.03. The maximum atomic E-state index is 12.3. The molecule has 0 aliphatic carbocycles. The summed E-state index contributed by atoms with van der Waals surface area (Å²) in [4.78, 5) is 18.9. The van der Waals surface area contributed by atoms with Gasteiger partial charge in [-0.3, -0.25) is 4.79 Å². The van der Waals surface area contributed by atoms with E-state index in [4.69, 9.17) is 0 Å². The molecule has 1 heterocycles. The Morgan fingerprint density at radius 1 is 0.964 bits per heavy atom. The van der Waals surface area contributed by atoms with Crippen LogP contribution in [0.4, 0.5) is 22.9 Å². The monoisotopic (exact) mass is 374 g/mol. The Morgan fingerprint density at radius 3 is 2.29 bits per heavy atom. The number of amides is 1. The lowest BCUT2D eigenvalue weighted by Gasteiger charge is -2.21. The molecular weight excluding hydrogens is 348 g/mol. The first-order chi connectivity index (χ1) is 13.6. The van der Waals surface area contributed by atoms with Crippen molar-refractivity contribution in [1.29, 1.82) is 0 Å². The summed E-state index contributed by atoms with van der Waals surface area (Å²) in [6.45, 7) is 8.25. The first kappa shape index (κ1) is 19.4. The Morgan fingerprint density at radius 2 is 1.68 bits per heavy atom. The molecule has 0 saturated heterocycles. The van der Waals surface area contributed by atoms with Gasteiger partial charge >= 0.3 is 0 Å². The molecular formula is C23H26N4O. The number of anilines is 4. The molecule has 0 fully saturated rings. The Labute approximate surface area is 166 Å². The van der Waals surface area contributed by atoms with Crippen LogP contribution in [-0.4, -0.2) is 24.0 Å². The van der Waals surface area contributed by atoms with Gasteiger partial charge in [-0.1, -0.05) is 17.7 Å². The molecule has 144 valence electrons. The van der Waals surface area contributed by atoms with Crippen LogP contribution in [0.1, 0.15) is 29.8 Å². The van der Waals surface area contributed by atoms with E-state index in [-0.39, 0.29) is 5.91 Å².